The molecule has 0 aromatic carbocycles. The summed E-state index contributed by atoms with van der Waals surface area (Å²) in [5.74, 6) is -0.0929. The van der Waals surface area contributed by atoms with Crippen LogP contribution in [0.1, 0.15) is 40.5 Å². The average molecular weight is 355 g/mol. The smallest absolute Gasteiger partial charge is 0.328 e. The Morgan fingerprint density at radius 1 is 1.52 bits per heavy atom. The molecule has 7 heteroatoms. The lowest BCUT2D eigenvalue weighted by atomic mass is 9.98. The highest BCUT2D eigenvalue weighted by Crippen LogP contribution is 2.27. The molecule has 6 nitrogen and oxygen atoms in total. The van der Waals surface area contributed by atoms with Crippen LogP contribution in [0, 0.1) is 5.92 Å². The lowest BCUT2D eigenvalue weighted by Crippen LogP contribution is -2.57. The zero-order chi connectivity index (χ0) is 18.8. The van der Waals surface area contributed by atoms with E-state index >= 15 is 0 Å². The van der Waals surface area contributed by atoms with E-state index in [9.17, 15) is 14.3 Å². The van der Waals surface area contributed by atoms with Crippen LogP contribution < -0.4 is 0 Å². The van der Waals surface area contributed by atoms with E-state index in [-0.39, 0.29) is 11.9 Å². The molecule has 0 aliphatic carbocycles. The number of nitrogens with zero attached hydrogens (tertiary/aromatic N) is 3. The molecule has 2 rings (SSSR count). The molecule has 1 N–H and O–H groups in total. The summed E-state index contributed by atoms with van der Waals surface area (Å²) >= 11 is 0. The lowest BCUT2D eigenvalue weighted by molar-refractivity contribution is -0.149. The van der Waals surface area contributed by atoms with Crippen molar-refractivity contribution >= 4 is 11.7 Å². The molecule has 0 radical (unpaired) electrons. The van der Waals surface area contributed by atoms with Crippen LogP contribution in [0.4, 0.5) is 4.39 Å². The molecule has 2 atom stereocenters. The molecule has 0 spiro atoms. The highest BCUT2D eigenvalue weighted by Gasteiger charge is 2.38. The number of likely N-dealkylation sites (tertiary alicyclic amines) is 1. The van der Waals surface area contributed by atoms with Gasteiger partial charge >= 0.3 is 5.97 Å². The van der Waals surface area contributed by atoms with Crippen molar-refractivity contribution in [3.8, 4) is 0 Å². The van der Waals surface area contributed by atoms with Gasteiger partial charge in [-0.25, -0.2) is 9.18 Å². The summed E-state index contributed by atoms with van der Waals surface area (Å²) in [7, 11) is 1.36. The van der Waals surface area contributed by atoms with Gasteiger partial charge in [0.2, 0.25) is 0 Å². The Kier molecular flexibility index (Phi) is 6.21. The van der Waals surface area contributed by atoms with Gasteiger partial charge in [0.1, 0.15) is 11.7 Å². The van der Waals surface area contributed by atoms with Gasteiger partial charge < -0.3 is 14.7 Å². The van der Waals surface area contributed by atoms with E-state index < -0.39 is 17.9 Å². The molecule has 142 valence electrons. The third kappa shape index (κ3) is 5.01. The normalized spacial score (nSPS) is 24.5. The number of aliphatic hydroxyl groups is 1. The number of methoxy groups -OCH3 is 1. The van der Waals surface area contributed by atoms with E-state index in [4.69, 9.17) is 4.74 Å². The number of hydrogen-bond donors (Lipinski definition) is 1. The molecule has 2 aliphatic rings. The Hall–Kier alpha value is -1.47. The van der Waals surface area contributed by atoms with E-state index in [1.165, 1.54) is 7.11 Å². The highest BCUT2D eigenvalue weighted by atomic mass is 19.1. The van der Waals surface area contributed by atoms with Crippen LogP contribution in [-0.4, -0.2) is 71.3 Å². The molecule has 2 aliphatic heterocycles. The van der Waals surface area contributed by atoms with Gasteiger partial charge in [-0.15, -0.1) is 0 Å². The fourth-order valence-corrected chi connectivity index (χ4v) is 3.39. The Morgan fingerprint density at radius 3 is 2.68 bits per heavy atom. The molecule has 25 heavy (non-hydrogen) atoms. The Balaban J connectivity index is 2.08. The summed E-state index contributed by atoms with van der Waals surface area (Å²) in [5.41, 5.74) is 0.248. The van der Waals surface area contributed by atoms with Crippen LogP contribution in [0.3, 0.4) is 0 Å². The number of esters is 1. The molecule has 0 bridgehead atoms. The van der Waals surface area contributed by atoms with E-state index in [2.05, 4.69) is 4.99 Å². The topological polar surface area (TPSA) is 65.4 Å². The second kappa shape index (κ2) is 7.83. The summed E-state index contributed by atoms with van der Waals surface area (Å²) in [4.78, 5) is 20.3. The van der Waals surface area contributed by atoms with Gasteiger partial charge in [-0.1, -0.05) is 13.8 Å². The number of aliphatic hydroxyl groups excluding tert-OH is 1. The molecule has 0 unspecified atom stereocenters. The first-order chi connectivity index (χ1) is 11.6. The van der Waals surface area contributed by atoms with E-state index in [0.29, 0.717) is 38.2 Å². The molecular formula is C18H30FN3O3. The van der Waals surface area contributed by atoms with Crippen LogP contribution >= 0.6 is 0 Å². The number of ether oxygens (including phenoxy) is 1. The molecule has 0 amide bonds. The number of aliphatic imine (C=N–C) groups is 1. The Morgan fingerprint density at radius 2 is 2.16 bits per heavy atom. The fourth-order valence-electron chi connectivity index (χ4n) is 3.39. The van der Waals surface area contributed by atoms with Gasteiger partial charge in [-0.3, -0.25) is 9.89 Å². The molecule has 1 saturated heterocycles. The van der Waals surface area contributed by atoms with E-state index in [1.54, 1.807) is 24.9 Å². The van der Waals surface area contributed by atoms with Crippen LogP contribution in [0.2, 0.25) is 0 Å². The van der Waals surface area contributed by atoms with Crippen LogP contribution in [0.25, 0.3) is 0 Å². The standard InChI is InChI=1S/C18H30FN3O3/c1-12(2)8-15(17(24)25-5)22-9-14(20-13(3)16(22)23)6-7-21-10-18(4,19)11-21/h9,12,15-16,23H,6-8,10-11H2,1-5H3/t15-,16-/m0/s1. The maximum absolute atomic E-state index is 13.6. The van der Waals surface area contributed by atoms with Crippen molar-refractivity contribution in [2.24, 2.45) is 10.9 Å². The fraction of sp³-hybridized carbons (Fsp3) is 0.778. The molecule has 0 aromatic heterocycles. The van der Waals surface area contributed by atoms with Crippen LogP contribution in [0.15, 0.2) is 16.9 Å². The van der Waals surface area contributed by atoms with Crippen molar-refractivity contribution in [1.82, 2.24) is 9.80 Å². The van der Waals surface area contributed by atoms with Gasteiger partial charge in [-0.2, -0.15) is 0 Å². The Labute approximate surface area is 149 Å². The van der Waals surface area contributed by atoms with Crippen molar-refractivity contribution in [1.29, 1.82) is 0 Å². The predicted molar refractivity (Wildman–Crippen MR) is 94.9 cm³/mol. The van der Waals surface area contributed by atoms with Gasteiger partial charge in [-0.05, 0) is 26.2 Å². The summed E-state index contributed by atoms with van der Waals surface area (Å²) in [6, 6.07) is -0.557. The van der Waals surface area contributed by atoms with Gasteiger partial charge in [0, 0.05) is 32.3 Å². The van der Waals surface area contributed by atoms with Crippen molar-refractivity contribution in [2.75, 3.05) is 26.7 Å². The zero-order valence-corrected chi connectivity index (χ0v) is 15.8. The first-order valence-corrected chi connectivity index (χ1v) is 8.83. The quantitative estimate of drug-likeness (QED) is 0.707. The van der Waals surface area contributed by atoms with Gasteiger partial charge in [0.05, 0.1) is 18.5 Å². The second-order valence-electron chi connectivity index (χ2n) is 7.74. The first kappa shape index (κ1) is 19.8. The minimum Gasteiger partial charge on any atom is -0.467 e. The predicted octanol–water partition coefficient (Wildman–Crippen LogP) is 1.94. The van der Waals surface area contributed by atoms with Crippen molar-refractivity contribution in [3.63, 3.8) is 0 Å². The minimum absolute atomic E-state index is 0.274. The Bertz CT molecular complexity index is 552. The summed E-state index contributed by atoms with van der Waals surface area (Å²) in [6.45, 7) is 8.98. The van der Waals surface area contributed by atoms with Gasteiger partial charge in [0.25, 0.3) is 0 Å². The van der Waals surface area contributed by atoms with Crippen molar-refractivity contribution in [2.45, 2.75) is 58.5 Å². The van der Waals surface area contributed by atoms with Crippen LogP contribution in [0.5, 0.6) is 0 Å². The van der Waals surface area contributed by atoms with E-state index in [0.717, 1.165) is 5.70 Å². The molecule has 2 heterocycles. The third-order valence-electron chi connectivity index (χ3n) is 4.59. The summed E-state index contributed by atoms with van der Waals surface area (Å²) in [5, 5.41) is 10.5. The van der Waals surface area contributed by atoms with Gasteiger partial charge in [0.15, 0.2) is 6.23 Å². The summed E-state index contributed by atoms with van der Waals surface area (Å²) in [6.07, 6.45) is 2.03. The zero-order valence-electron chi connectivity index (χ0n) is 15.8. The minimum atomic E-state index is -1.09. The summed E-state index contributed by atoms with van der Waals surface area (Å²) < 4.78 is 18.5. The molecule has 0 aromatic rings. The van der Waals surface area contributed by atoms with Crippen LogP contribution in [-0.2, 0) is 9.53 Å². The second-order valence-corrected chi connectivity index (χ2v) is 7.74. The molecule has 1 fully saturated rings. The molecule has 0 saturated carbocycles. The number of hydrogen-bond acceptors (Lipinski definition) is 6. The third-order valence-corrected chi connectivity index (χ3v) is 4.59. The van der Waals surface area contributed by atoms with Crippen molar-refractivity contribution in [3.05, 3.63) is 11.9 Å². The number of carbonyl (C=O) groups excluding carboxylic acids is 1. The van der Waals surface area contributed by atoms with E-state index in [1.807, 2.05) is 18.7 Å². The number of alkyl halides is 1. The van der Waals surface area contributed by atoms with Crippen molar-refractivity contribution < 1.29 is 19.0 Å². The lowest BCUT2D eigenvalue weighted by Gasteiger charge is -2.42. The SMILES string of the molecule is COC(=O)[C@H](CC(C)C)N1C=C(CCN2CC(C)(F)C2)N=C(C)[C@@H]1O. The number of rotatable bonds is 7. The number of halogens is 1. The maximum Gasteiger partial charge on any atom is 0.328 e. The average Bonchev–Trinajstić information content (AvgIpc) is 2.50. The number of carbonyl (C=O) groups is 1. The highest BCUT2D eigenvalue weighted by molar-refractivity contribution is 5.88. The largest absolute Gasteiger partial charge is 0.467 e. The maximum atomic E-state index is 13.6. The monoisotopic (exact) mass is 355 g/mol. The first-order valence-electron chi connectivity index (χ1n) is 8.83. The molecular weight excluding hydrogens is 325 g/mol.